The molecule has 0 aliphatic heterocycles. The number of ether oxygens (including phenoxy) is 1. The molecule has 4 nitrogen and oxygen atoms in total. The molecule has 4 rings (SSSR count). The highest BCUT2D eigenvalue weighted by molar-refractivity contribution is 7.72. The molecule has 0 unspecified atom stereocenters. The number of para-hydroxylation sites is 1. The Morgan fingerprint density at radius 1 is 0.882 bits per heavy atom. The van der Waals surface area contributed by atoms with Crippen molar-refractivity contribution in [3.63, 3.8) is 0 Å². The van der Waals surface area contributed by atoms with Crippen molar-refractivity contribution in [2.75, 3.05) is 12.2 Å². The molecule has 0 bridgehead atoms. The van der Waals surface area contributed by atoms with Gasteiger partial charge in [-0.3, -0.25) is 4.57 Å². The standard InChI is InChI=1S/C26H21Cl2N2O2PS/c1-32-25-15-9-8-14-21(25)24-18-34-26(29-24)30-33(31,16-22(27)19-10-4-2-5-11-19)17-23(28)20-12-6-3-7-13-20/h2-18H,1H3,(H,29,30,31). The third-order valence-electron chi connectivity index (χ3n) is 4.87. The van der Waals surface area contributed by atoms with Gasteiger partial charge in [-0.2, -0.15) is 0 Å². The number of hydrogen-bond donors (Lipinski definition) is 1. The van der Waals surface area contributed by atoms with Gasteiger partial charge in [-0.1, -0.05) is 96.0 Å². The number of aromatic nitrogens is 1. The number of nitrogens with zero attached hydrogens (tertiary/aromatic N) is 1. The average Bonchev–Trinajstić information content (AvgIpc) is 3.32. The van der Waals surface area contributed by atoms with Gasteiger partial charge in [0.15, 0.2) is 5.13 Å². The van der Waals surface area contributed by atoms with Gasteiger partial charge in [0.2, 0.25) is 7.29 Å². The second-order valence-corrected chi connectivity index (χ2v) is 11.1. The molecule has 0 radical (unpaired) electrons. The summed E-state index contributed by atoms with van der Waals surface area (Å²) in [4.78, 5) is 4.64. The van der Waals surface area contributed by atoms with Crippen LogP contribution in [0.5, 0.6) is 5.75 Å². The second kappa shape index (κ2) is 11.1. The minimum Gasteiger partial charge on any atom is -0.496 e. The fourth-order valence-corrected chi connectivity index (χ4v) is 7.08. The van der Waals surface area contributed by atoms with Gasteiger partial charge in [0, 0.05) is 22.6 Å². The van der Waals surface area contributed by atoms with Gasteiger partial charge in [0.05, 0.1) is 22.9 Å². The predicted molar refractivity (Wildman–Crippen MR) is 146 cm³/mol. The van der Waals surface area contributed by atoms with E-state index in [1.165, 1.54) is 23.0 Å². The molecular formula is C26H21Cl2N2O2PS. The largest absolute Gasteiger partial charge is 0.496 e. The molecule has 8 heteroatoms. The fraction of sp³-hybridized carbons (Fsp3) is 0.0385. The highest BCUT2D eigenvalue weighted by atomic mass is 35.5. The van der Waals surface area contributed by atoms with E-state index < -0.39 is 7.29 Å². The van der Waals surface area contributed by atoms with E-state index in [1.807, 2.05) is 90.3 Å². The molecule has 1 heterocycles. The molecule has 1 N–H and O–H groups in total. The van der Waals surface area contributed by atoms with Crippen LogP contribution in [0.2, 0.25) is 0 Å². The molecular weight excluding hydrogens is 506 g/mol. The van der Waals surface area contributed by atoms with E-state index in [4.69, 9.17) is 27.9 Å². The number of halogens is 2. The molecule has 0 saturated carbocycles. The normalized spacial score (nSPS) is 13.9. The van der Waals surface area contributed by atoms with E-state index in [2.05, 4.69) is 10.1 Å². The lowest BCUT2D eigenvalue weighted by Crippen LogP contribution is -1.94. The Balaban J connectivity index is 1.72. The van der Waals surface area contributed by atoms with Crippen LogP contribution in [0.1, 0.15) is 11.1 Å². The van der Waals surface area contributed by atoms with Gasteiger partial charge >= 0.3 is 0 Å². The van der Waals surface area contributed by atoms with Crippen molar-refractivity contribution in [3.8, 4) is 17.0 Å². The zero-order valence-electron chi connectivity index (χ0n) is 18.2. The summed E-state index contributed by atoms with van der Waals surface area (Å²) in [6.07, 6.45) is 0. The van der Waals surface area contributed by atoms with E-state index in [1.54, 1.807) is 7.11 Å². The quantitative estimate of drug-likeness (QED) is 0.232. The number of thiazole rings is 1. The van der Waals surface area contributed by atoms with E-state index >= 15 is 0 Å². The van der Waals surface area contributed by atoms with E-state index in [9.17, 15) is 4.57 Å². The lowest BCUT2D eigenvalue weighted by atomic mass is 10.1. The predicted octanol–water partition coefficient (Wildman–Crippen LogP) is 8.98. The Labute approximate surface area is 213 Å². The smallest absolute Gasteiger partial charge is 0.217 e. The van der Waals surface area contributed by atoms with Crippen LogP contribution in [0.25, 0.3) is 21.3 Å². The van der Waals surface area contributed by atoms with Crippen molar-refractivity contribution in [1.29, 1.82) is 0 Å². The first-order valence-electron chi connectivity index (χ1n) is 10.3. The van der Waals surface area contributed by atoms with Crippen molar-refractivity contribution in [2.45, 2.75) is 0 Å². The highest BCUT2D eigenvalue weighted by Gasteiger charge is 2.22. The van der Waals surface area contributed by atoms with Crippen molar-refractivity contribution < 1.29 is 9.30 Å². The van der Waals surface area contributed by atoms with Crippen LogP contribution in [0, 0.1) is 0 Å². The first-order chi connectivity index (χ1) is 16.5. The molecule has 0 spiro atoms. The average molecular weight is 527 g/mol. The Morgan fingerprint density at radius 3 is 1.97 bits per heavy atom. The molecule has 34 heavy (non-hydrogen) atoms. The Kier molecular flexibility index (Phi) is 7.91. The number of hydrogen-bond acceptors (Lipinski definition) is 4. The zero-order valence-corrected chi connectivity index (χ0v) is 21.4. The fourth-order valence-electron chi connectivity index (χ4n) is 3.24. The van der Waals surface area contributed by atoms with Crippen molar-refractivity contribution >= 4 is 57.0 Å². The summed E-state index contributed by atoms with van der Waals surface area (Å²) in [7, 11) is -1.79. The van der Waals surface area contributed by atoms with Crippen LogP contribution in [0.15, 0.2) is 102 Å². The minimum atomic E-state index is -3.40. The van der Waals surface area contributed by atoms with Crippen molar-refractivity contribution in [2.24, 2.45) is 0 Å². The number of nitrogens with one attached hydrogen (secondary N) is 1. The molecule has 0 saturated heterocycles. The summed E-state index contributed by atoms with van der Waals surface area (Å²) >= 11 is 14.5. The van der Waals surface area contributed by atoms with Gasteiger partial charge in [-0.05, 0) is 23.3 Å². The number of anilines is 1. The summed E-state index contributed by atoms with van der Waals surface area (Å²) in [5.74, 6) is 3.74. The maximum atomic E-state index is 14.1. The Bertz CT molecular complexity index is 1310. The van der Waals surface area contributed by atoms with Crippen LogP contribution in [-0.2, 0) is 4.57 Å². The number of methoxy groups -OCH3 is 1. The molecule has 0 aliphatic rings. The monoisotopic (exact) mass is 526 g/mol. The Morgan fingerprint density at radius 2 is 1.41 bits per heavy atom. The maximum absolute atomic E-state index is 14.1. The van der Waals surface area contributed by atoms with Gasteiger partial charge in [-0.25, -0.2) is 4.98 Å². The molecule has 3 aromatic carbocycles. The second-order valence-electron chi connectivity index (χ2n) is 7.25. The summed E-state index contributed by atoms with van der Waals surface area (Å²) in [5, 5.41) is 6.15. The van der Waals surface area contributed by atoms with Crippen molar-refractivity contribution in [3.05, 3.63) is 113 Å². The van der Waals surface area contributed by atoms with Gasteiger partial charge < -0.3 is 9.82 Å². The molecule has 0 fully saturated rings. The summed E-state index contributed by atoms with van der Waals surface area (Å²) in [6, 6.07) is 26.3. The lowest BCUT2D eigenvalue weighted by Gasteiger charge is -2.14. The third kappa shape index (κ3) is 5.99. The van der Waals surface area contributed by atoms with Crippen LogP contribution >= 0.6 is 41.8 Å². The lowest BCUT2D eigenvalue weighted by molar-refractivity contribution is 0.416. The van der Waals surface area contributed by atoms with Crippen LogP contribution in [-0.4, -0.2) is 12.1 Å². The molecule has 0 aliphatic carbocycles. The van der Waals surface area contributed by atoms with Crippen LogP contribution < -0.4 is 9.82 Å². The zero-order chi connectivity index (χ0) is 24.0. The summed E-state index contributed by atoms with van der Waals surface area (Å²) in [6.45, 7) is 0. The molecule has 0 atom stereocenters. The van der Waals surface area contributed by atoms with Crippen LogP contribution in [0.4, 0.5) is 5.13 Å². The molecule has 172 valence electrons. The van der Waals surface area contributed by atoms with Gasteiger partial charge in [0.25, 0.3) is 0 Å². The van der Waals surface area contributed by atoms with Gasteiger partial charge in [-0.15, -0.1) is 11.3 Å². The summed E-state index contributed by atoms with van der Waals surface area (Å²) < 4.78 is 19.6. The van der Waals surface area contributed by atoms with E-state index in [0.717, 1.165) is 16.7 Å². The number of rotatable bonds is 8. The highest BCUT2D eigenvalue weighted by Crippen LogP contribution is 2.54. The van der Waals surface area contributed by atoms with Crippen molar-refractivity contribution in [1.82, 2.24) is 4.98 Å². The van der Waals surface area contributed by atoms with E-state index in [0.29, 0.717) is 26.6 Å². The minimum absolute atomic E-state index is 0.353. The number of benzene rings is 3. The topological polar surface area (TPSA) is 51.2 Å². The first-order valence-corrected chi connectivity index (χ1v) is 13.8. The summed E-state index contributed by atoms with van der Waals surface area (Å²) in [5.41, 5.74) is 3.07. The Hall–Kier alpha value is -2.82. The first kappa shape index (κ1) is 24.3. The van der Waals surface area contributed by atoms with E-state index in [-0.39, 0.29) is 0 Å². The SMILES string of the molecule is COc1ccccc1-c1csc(NP(=O)(C=C(Cl)c2ccccc2)C=C(Cl)c2ccccc2)n1. The molecule has 0 amide bonds. The third-order valence-corrected chi connectivity index (χ3v) is 8.58. The maximum Gasteiger partial charge on any atom is 0.217 e. The molecule has 4 aromatic rings. The van der Waals surface area contributed by atoms with Crippen LogP contribution in [0.3, 0.4) is 0 Å². The molecule has 1 aromatic heterocycles. The van der Waals surface area contributed by atoms with Gasteiger partial charge in [0.1, 0.15) is 5.75 Å².